The van der Waals surface area contributed by atoms with Gasteiger partial charge in [-0.25, -0.2) is 0 Å². The van der Waals surface area contributed by atoms with E-state index in [1.807, 2.05) is 0 Å². The zero-order chi connectivity index (χ0) is 12.4. The minimum absolute atomic E-state index is 0.132. The third kappa shape index (κ3) is 2.47. The average molecular weight is 261 g/mol. The first-order chi connectivity index (χ1) is 8.10. The van der Waals surface area contributed by atoms with Crippen LogP contribution in [0, 0.1) is 10.1 Å². The number of carbonyl (C=O) groups is 1. The van der Waals surface area contributed by atoms with Gasteiger partial charge in [0.05, 0.1) is 12.6 Å². The number of alkyl halides is 1. The summed E-state index contributed by atoms with van der Waals surface area (Å²) in [5, 5.41) is 13.1. The number of nitro groups is 1. The van der Waals surface area contributed by atoms with Crippen molar-refractivity contribution >= 4 is 23.3 Å². The fourth-order valence-corrected chi connectivity index (χ4v) is 1.62. The summed E-state index contributed by atoms with van der Waals surface area (Å²) in [5.41, 5.74) is 0. The molecule has 1 amide bonds. The van der Waals surface area contributed by atoms with Gasteiger partial charge in [-0.15, -0.1) is 11.6 Å². The molecular formula is C8H9ClN4O4. The number of aromatic nitrogens is 2. The van der Waals surface area contributed by atoms with Crippen LogP contribution < -0.4 is 10.1 Å². The maximum absolute atomic E-state index is 11.1. The monoisotopic (exact) mass is 260 g/mol. The summed E-state index contributed by atoms with van der Waals surface area (Å²) in [6.45, 7) is 0.593. The quantitative estimate of drug-likeness (QED) is 0.465. The number of rotatable bonds is 3. The van der Waals surface area contributed by atoms with E-state index in [-0.39, 0.29) is 36.3 Å². The van der Waals surface area contributed by atoms with Crippen LogP contribution in [0.5, 0.6) is 6.01 Å². The van der Waals surface area contributed by atoms with Gasteiger partial charge in [-0.05, 0) is 4.92 Å². The van der Waals surface area contributed by atoms with Crippen LogP contribution in [-0.2, 0) is 11.3 Å². The van der Waals surface area contributed by atoms with Gasteiger partial charge >= 0.3 is 11.8 Å². The lowest BCUT2D eigenvalue weighted by Gasteiger charge is -2.22. The number of carbonyl (C=O) groups excluding carboxylic acids is 1. The van der Waals surface area contributed by atoms with Crippen molar-refractivity contribution < 1.29 is 14.5 Å². The van der Waals surface area contributed by atoms with E-state index in [0.717, 1.165) is 0 Å². The summed E-state index contributed by atoms with van der Waals surface area (Å²) < 4.78 is 6.69. The van der Waals surface area contributed by atoms with Crippen LogP contribution in [0.2, 0.25) is 0 Å². The van der Waals surface area contributed by atoms with Crippen LogP contribution in [0.4, 0.5) is 5.82 Å². The molecule has 0 saturated carbocycles. The van der Waals surface area contributed by atoms with Gasteiger partial charge in [0.2, 0.25) is 5.91 Å². The molecule has 1 aromatic rings. The number of amides is 1. The summed E-state index contributed by atoms with van der Waals surface area (Å²) in [4.78, 5) is 24.7. The van der Waals surface area contributed by atoms with Crippen LogP contribution in [0.3, 0.4) is 0 Å². The summed E-state index contributed by atoms with van der Waals surface area (Å²) >= 11 is 5.36. The molecule has 1 unspecified atom stereocenters. The first-order valence-corrected chi connectivity index (χ1v) is 5.33. The van der Waals surface area contributed by atoms with E-state index in [1.165, 1.54) is 10.8 Å². The smallest absolute Gasteiger partial charge is 0.414 e. The highest BCUT2D eigenvalue weighted by atomic mass is 35.5. The van der Waals surface area contributed by atoms with Crippen LogP contribution in [0.15, 0.2) is 6.20 Å². The molecule has 17 heavy (non-hydrogen) atoms. The van der Waals surface area contributed by atoms with E-state index in [9.17, 15) is 14.9 Å². The minimum Gasteiger partial charge on any atom is -0.444 e. The number of nitrogens with one attached hydrogen (secondary N) is 1. The molecule has 0 radical (unpaired) electrons. The van der Waals surface area contributed by atoms with Crippen molar-refractivity contribution in [2.45, 2.75) is 12.6 Å². The highest BCUT2D eigenvalue weighted by Gasteiger charge is 2.28. The summed E-state index contributed by atoms with van der Waals surface area (Å²) in [6.07, 6.45) is 1.27. The van der Waals surface area contributed by atoms with Gasteiger partial charge in [-0.3, -0.25) is 9.36 Å². The Morgan fingerprint density at radius 3 is 3.24 bits per heavy atom. The molecule has 1 aliphatic rings. The predicted octanol–water partition coefficient (Wildman–Crippen LogP) is -0.0927. The average Bonchev–Trinajstić information content (AvgIpc) is 2.72. The molecular weight excluding hydrogens is 252 g/mol. The Labute approximate surface area is 101 Å². The second-order valence-corrected chi connectivity index (χ2v) is 3.77. The van der Waals surface area contributed by atoms with Crippen LogP contribution in [0.1, 0.15) is 0 Å². The standard InChI is InChI=1S/C8H9ClN4O4/c9-1-7(14)10-5-2-12-3-6(13(15)16)11-8(12)17-4-5/h3,5H,1-2,4H2,(H,10,14). The van der Waals surface area contributed by atoms with Crippen molar-refractivity contribution in [3.05, 3.63) is 16.3 Å². The molecule has 0 saturated heterocycles. The molecule has 0 fully saturated rings. The molecule has 0 aromatic carbocycles. The molecule has 2 rings (SSSR count). The summed E-state index contributed by atoms with van der Waals surface area (Å²) in [7, 11) is 0. The Kier molecular flexibility index (Phi) is 3.14. The molecule has 9 heteroatoms. The molecule has 1 atom stereocenters. The van der Waals surface area contributed by atoms with Gasteiger partial charge in [0, 0.05) is 4.98 Å². The van der Waals surface area contributed by atoms with Gasteiger partial charge in [0.1, 0.15) is 18.7 Å². The Bertz CT molecular complexity index is 460. The normalized spacial score (nSPS) is 18.1. The second kappa shape index (κ2) is 4.58. The molecule has 92 valence electrons. The highest BCUT2D eigenvalue weighted by molar-refractivity contribution is 6.27. The largest absolute Gasteiger partial charge is 0.444 e. The van der Waals surface area contributed by atoms with Crippen LogP contribution >= 0.6 is 11.6 Å². The molecule has 2 heterocycles. The number of fused-ring (bicyclic) bond motifs is 1. The molecule has 0 bridgehead atoms. The van der Waals surface area contributed by atoms with E-state index in [1.54, 1.807) is 0 Å². The molecule has 8 nitrogen and oxygen atoms in total. The van der Waals surface area contributed by atoms with E-state index in [2.05, 4.69) is 10.3 Å². The van der Waals surface area contributed by atoms with Gasteiger partial charge in [0.15, 0.2) is 0 Å². The van der Waals surface area contributed by atoms with E-state index < -0.39 is 4.92 Å². The molecule has 1 N–H and O–H groups in total. The predicted molar refractivity (Wildman–Crippen MR) is 57.0 cm³/mol. The van der Waals surface area contributed by atoms with Crippen molar-refractivity contribution in [1.29, 1.82) is 0 Å². The number of hydrogen-bond acceptors (Lipinski definition) is 5. The third-order valence-corrected chi connectivity index (χ3v) is 2.47. The topological polar surface area (TPSA) is 99.3 Å². The Morgan fingerprint density at radius 2 is 2.59 bits per heavy atom. The first-order valence-electron chi connectivity index (χ1n) is 4.80. The van der Waals surface area contributed by atoms with Crippen molar-refractivity contribution in [3.63, 3.8) is 0 Å². The SMILES string of the molecule is O=C(CCl)NC1COc2nc([N+](=O)[O-])cn2C1. The molecule has 1 aromatic heterocycles. The lowest BCUT2D eigenvalue weighted by atomic mass is 10.3. The zero-order valence-corrected chi connectivity index (χ0v) is 9.38. The summed E-state index contributed by atoms with van der Waals surface area (Å²) in [5.74, 6) is -0.712. The number of imidazole rings is 1. The van der Waals surface area contributed by atoms with Crippen LogP contribution in [0.25, 0.3) is 0 Å². The lowest BCUT2D eigenvalue weighted by molar-refractivity contribution is -0.389. The Balaban J connectivity index is 2.08. The fraction of sp³-hybridized carbons (Fsp3) is 0.500. The number of halogens is 1. The third-order valence-electron chi connectivity index (χ3n) is 2.23. The molecule has 1 aliphatic heterocycles. The molecule has 0 spiro atoms. The maximum Gasteiger partial charge on any atom is 0.414 e. The lowest BCUT2D eigenvalue weighted by Crippen LogP contribution is -2.45. The minimum atomic E-state index is -0.596. The van der Waals surface area contributed by atoms with Crippen molar-refractivity contribution in [2.24, 2.45) is 0 Å². The van der Waals surface area contributed by atoms with Crippen molar-refractivity contribution in [1.82, 2.24) is 14.9 Å². The number of nitrogens with zero attached hydrogens (tertiary/aromatic N) is 3. The van der Waals surface area contributed by atoms with Gasteiger partial charge in [-0.1, -0.05) is 0 Å². The van der Waals surface area contributed by atoms with Gasteiger partial charge < -0.3 is 20.2 Å². The fourth-order valence-electron chi connectivity index (χ4n) is 1.54. The van der Waals surface area contributed by atoms with E-state index in [4.69, 9.17) is 16.3 Å². The maximum atomic E-state index is 11.1. The summed E-state index contributed by atoms with van der Waals surface area (Å²) in [6, 6.07) is -0.0735. The first kappa shape index (κ1) is 11.6. The van der Waals surface area contributed by atoms with Crippen molar-refractivity contribution in [2.75, 3.05) is 12.5 Å². The highest BCUT2D eigenvalue weighted by Crippen LogP contribution is 2.21. The molecule has 0 aliphatic carbocycles. The number of hydrogen-bond donors (Lipinski definition) is 1. The van der Waals surface area contributed by atoms with E-state index >= 15 is 0 Å². The number of ether oxygens (including phenoxy) is 1. The van der Waals surface area contributed by atoms with Gasteiger partial charge in [-0.2, -0.15) is 0 Å². The Hall–Kier alpha value is -1.83. The zero-order valence-electron chi connectivity index (χ0n) is 8.63. The van der Waals surface area contributed by atoms with E-state index in [0.29, 0.717) is 6.54 Å². The second-order valence-electron chi connectivity index (χ2n) is 3.50. The van der Waals surface area contributed by atoms with Crippen molar-refractivity contribution in [3.8, 4) is 6.01 Å². The van der Waals surface area contributed by atoms with Gasteiger partial charge in [0.25, 0.3) is 0 Å². The van der Waals surface area contributed by atoms with Crippen LogP contribution in [-0.4, -0.2) is 38.9 Å². The Morgan fingerprint density at radius 1 is 1.82 bits per heavy atom.